The van der Waals surface area contributed by atoms with Gasteiger partial charge in [0, 0.05) is 24.4 Å². The lowest BCUT2D eigenvalue weighted by molar-refractivity contribution is -0.194. The van der Waals surface area contributed by atoms with E-state index in [1.165, 1.54) is 0 Å². The third kappa shape index (κ3) is 3.42. The van der Waals surface area contributed by atoms with Crippen molar-refractivity contribution in [2.75, 3.05) is 6.61 Å². The Morgan fingerprint density at radius 3 is 2.42 bits per heavy atom. The van der Waals surface area contributed by atoms with E-state index in [2.05, 4.69) is 13.8 Å². The Morgan fingerprint density at radius 2 is 1.86 bits per heavy atom. The van der Waals surface area contributed by atoms with Crippen LogP contribution in [0.2, 0.25) is 0 Å². The van der Waals surface area contributed by atoms with Crippen LogP contribution in [-0.4, -0.2) is 56.1 Å². The molecule has 1 aromatic rings. The number of hydrogen-bond acceptors (Lipinski definition) is 6. The van der Waals surface area contributed by atoms with E-state index in [4.69, 9.17) is 4.74 Å². The van der Waals surface area contributed by atoms with Gasteiger partial charge in [0.2, 0.25) is 0 Å². The van der Waals surface area contributed by atoms with E-state index >= 15 is 0 Å². The normalized spacial score (nSPS) is 37.9. The van der Waals surface area contributed by atoms with Crippen molar-refractivity contribution in [3.63, 3.8) is 0 Å². The first-order valence-corrected chi connectivity index (χ1v) is 12.9. The molecule has 0 radical (unpaired) electrons. The van der Waals surface area contributed by atoms with Crippen LogP contribution in [0.5, 0.6) is 0 Å². The van der Waals surface area contributed by atoms with Gasteiger partial charge in [-0.05, 0) is 68.1 Å². The molecule has 3 N–H and O–H groups in total. The molecule has 0 aromatic carbocycles. The van der Waals surface area contributed by atoms with E-state index in [-0.39, 0.29) is 28.6 Å². The van der Waals surface area contributed by atoms with Gasteiger partial charge in [0.15, 0.2) is 17.5 Å². The molecule has 7 heteroatoms. The van der Waals surface area contributed by atoms with E-state index < -0.39 is 41.7 Å². The highest BCUT2D eigenvalue weighted by molar-refractivity contribution is 5.95. The number of aromatic nitrogens is 1. The lowest BCUT2D eigenvalue weighted by Gasteiger charge is -2.51. The molecule has 1 fully saturated rings. The predicted octanol–water partition coefficient (Wildman–Crippen LogP) is 3.42. The van der Waals surface area contributed by atoms with Crippen LogP contribution in [0.3, 0.4) is 0 Å². The van der Waals surface area contributed by atoms with Crippen LogP contribution in [0.1, 0.15) is 69.2 Å². The summed E-state index contributed by atoms with van der Waals surface area (Å²) in [6, 6.07) is 1.73. The third-order valence-corrected chi connectivity index (χ3v) is 9.98. The minimum atomic E-state index is -2.15. The number of esters is 1. The predicted molar refractivity (Wildman–Crippen MR) is 136 cm³/mol. The van der Waals surface area contributed by atoms with Gasteiger partial charge in [0.25, 0.3) is 0 Å². The summed E-state index contributed by atoms with van der Waals surface area (Å²) in [6.07, 6.45) is 2.05. The molecule has 0 aliphatic heterocycles. The molecule has 7 nitrogen and oxygen atoms in total. The average molecular weight is 500 g/mol. The van der Waals surface area contributed by atoms with Crippen molar-refractivity contribution in [1.29, 1.82) is 0 Å². The minimum Gasteiger partial charge on any atom is -0.451 e. The molecule has 198 valence electrons. The molecule has 3 aliphatic rings. The SMILES string of the molecule is CC1=C[C@]23C(=O)[C@@H](C=C(CO)[C@@H](O)[C@]2(O)[C@H]1OC(=O)c1cc(C)n(C)c1C)[C@@H](C)C(C)(C)CC[C@H]3C. The second kappa shape index (κ2) is 8.67. The maximum Gasteiger partial charge on any atom is 0.340 e. The number of hydrogen-bond donors (Lipinski definition) is 3. The van der Waals surface area contributed by atoms with Crippen LogP contribution in [-0.2, 0) is 16.6 Å². The Balaban J connectivity index is 1.89. The summed E-state index contributed by atoms with van der Waals surface area (Å²) < 4.78 is 7.86. The number of ketones is 1. The van der Waals surface area contributed by atoms with Gasteiger partial charge in [0.1, 0.15) is 6.10 Å². The van der Waals surface area contributed by atoms with Gasteiger partial charge in [-0.1, -0.05) is 39.8 Å². The fourth-order valence-electron chi connectivity index (χ4n) is 6.94. The molecule has 36 heavy (non-hydrogen) atoms. The first kappa shape index (κ1) is 26.8. The standard InChI is InChI=1S/C29H41NO6/c1-15-13-28-16(2)9-10-27(6,7)18(4)21(24(28)33)12-20(14-31)23(32)29(28,35)25(15)36-26(34)22-11-17(3)30(8)19(22)5/h11-13,16,18,21,23,25,31-32,35H,9-10,14H2,1-8H3/t16-,18-,21+,23-,25+,28+,29+/m1/s1. The number of ether oxygens (including phenoxy) is 1. The maximum atomic E-state index is 14.5. The fraction of sp³-hybridized carbons (Fsp3) is 0.655. The van der Waals surface area contributed by atoms with Gasteiger partial charge in [-0.3, -0.25) is 4.79 Å². The number of rotatable bonds is 3. The quantitative estimate of drug-likeness (QED) is 0.434. The zero-order valence-corrected chi connectivity index (χ0v) is 22.8. The molecule has 1 heterocycles. The number of aliphatic hydroxyl groups is 3. The van der Waals surface area contributed by atoms with Crippen molar-refractivity contribution >= 4 is 11.8 Å². The van der Waals surface area contributed by atoms with Crippen LogP contribution in [0, 0.1) is 42.4 Å². The van der Waals surface area contributed by atoms with Gasteiger partial charge >= 0.3 is 5.97 Å². The summed E-state index contributed by atoms with van der Waals surface area (Å²) in [5.74, 6) is -1.83. The first-order valence-electron chi connectivity index (χ1n) is 12.9. The molecule has 1 spiro atoms. The second-order valence-corrected chi connectivity index (χ2v) is 12.1. The highest BCUT2D eigenvalue weighted by Gasteiger charge is 2.71. The molecule has 3 aliphatic carbocycles. The van der Waals surface area contributed by atoms with Crippen molar-refractivity contribution in [2.45, 2.75) is 79.1 Å². The summed E-state index contributed by atoms with van der Waals surface area (Å²) in [7, 11) is 1.86. The van der Waals surface area contributed by atoms with Crippen molar-refractivity contribution in [2.24, 2.45) is 35.6 Å². The van der Waals surface area contributed by atoms with Crippen molar-refractivity contribution in [3.05, 3.63) is 46.3 Å². The van der Waals surface area contributed by atoms with Gasteiger partial charge in [0.05, 0.1) is 17.6 Å². The Kier molecular flexibility index (Phi) is 6.47. The molecular formula is C29H41NO6. The largest absolute Gasteiger partial charge is 0.451 e. The van der Waals surface area contributed by atoms with E-state index in [0.717, 1.165) is 17.8 Å². The van der Waals surface area contributed by atoms with Crippen LogP contribution >= 0.6 is 0 Å². The molecular weight excluding hydrogens is 458 g/mol. The number of nitrogens with zero attached hydrogens (tertiary/aromatic N) is 1. The number of Topliss-reactive ketones (excluding diaryl/α,β-unsaturated/α-hetero) is 1. The van der Waals surface area contributed by atoms with Gasteiger partial charge in [-0.2, -0.15) is 0 Å². The van der Waals surface area contributed by atoms with Crippen LogP contribution in [0.4, 0.5) is 0 Å². The smallest absolute Gasteiger partial charge is 0.340 e. The van der Waals surface area contributed by atoms with Crippen molar-refractivity contribution < 1.29 is 29.6 Å². The van der Waals surface area contributed by atoms with Gasteiger partial charge in [-0.25, -0.2) is 4.79 Å². The summed E-state index contributed by atoms with van der Waals surface area (Å²) in [5, 5.41) is 34.5. The highest BCUT2D eigenvalue weighted by Crippen LogP contribution is 2.61. The number of allylic oxidation sites excluding steroid dienone is 1. The Bertz CT molecular complexity index is 1160. The summed E-state index contributed by atoms with van der Waals surface area (Å²) in [5.41, 5.74) is -1.08. The number of fused-ring (bicyclic) bond motifs is 1. The molecule has 0 amide bonds. The maximum absolute atomic E-state index is 14.5. The summed E-state index contributed by atoms with van der Waals surface area (Å²) >= 11 is 0. The van der Waals surface area contributed by atoms with E-state index in [9.17, 15) is 24.9 Å². The third-order valence-electron chi connectivity index (χ3n) is 9.98. The van der Waals surface area contributed by atoms with Crippen molar-refractivity contribution in [1.82, 2.24) is 4.57 Å². The van der Waals surface area contributed by atoms with Gasteiger partial charge in [-0.15, -0.1) is 0 Å². The Hall–Kier alpha value is -2.22. The van der Waals surface area contributed by atoms with E-state index in [1.807, 2.05) is 39.3 Å². The number of carbonyl (C=O) groups is 2. The molecule has 0 unspecified atom stereocenters. The fourth-order valence-corrected chi connectivity index (χ4v) is 6.94. The van der Waals surface area contributed by atoms with Crippen LogP contribution in [0.15, 0.2) is 29.4 Å². The lowest BCUT2D eigenvalue weighted by atomic mass is 9.54. The zero-order chi connectivity index (χ0) is 27.0. The molecule has 1 aromatic heterocycles. The lowest BCUT2D eigenvalue weighted by Crippen LogP contribution is -2.66. The van der Waals surface area contributed by atoms with E-state index in [1.54, 1.807) is 25.1 Å². The van der Waals surface area contributed by atoms with Crippen LogP contribution < -0.4 is 0 Å². The number of aryl methyl sites for hydroxylation is 1. The first-order chi connectivity index (χ1) is 16.6. The molecule has 4 rings (SSSR count). The minimum absolute atomic E-state index is 0.0873. The summed E-state index contributed by atoms with van der Waals surface area (Å²) in [6.45, 7) is 13.2. The van der Waals surface area contributed by atoms with Crippen LogP contribution in [0.25, 0.3) is 0 Å². The zero-order valence-electron chi connectivity index (χ0n) is 22.8. The monoisotopic (exact) mass is 499 g/mol. The van der Waals surface area contributed by atoms with E-state index in [0.29, 0.717) is 17.6 Å². The number of carbonyl (C=O) groups excluding carboxylic acids is 2. The van der Waals surface area contributed by atoms with Gasteiger partial charge < -0.3 is 24.6 Å². The Morgan fingerprint density at radius 1 is 1.22 bits per heavy atom. The molecule has 2 bridgehead atoms. The average Bonchev–Trinajstić information content (AvgIpc) is 3.19. The highest BCUT2D eigenvalue weighted by atomic mass is 16.6. The molecule has 0 saturated heterocycles. The molecule has 7 atom stereocenters. The topological polar surface area (TPSA) is 109 Å². The Labute approximate surface area is 213 Å². The summed E-state index contributed by atoms with van der Waals surface area (Å²) in [4.78, 5) is 27.9. The van der Waals surface area contributed by atoms with Crippen molar-refractivity contribution in [3.8, 4) is 0 Å². The number of aliphatic hydroxyl groups excluding tert-OH is 2. The second-order valence-electron chi connectivity index (χ2n) is 12.1. The molecule has 1 saturated carbocycles.